The lowest BCUT2D eigenvalue weighted by Gasteiger charge is -2.41. The van der Waals surface area contributed by atoms with Crippen LogP contribution in [0.15, 0.2) is 12.1 Å². The van der Waals surface area contributed by atoms with Crippen molar-refractivity contribution < 1.29 is 14.2 Å². The Bertz CT molecular complexity index is 408. The van der Waals surface area contributed by atoms with E-state index in [-0.39, 0.29) is 5.41 Å². The first kappa shape index (κ1) is 12.6. The van der Waals surface area contributed by atoms with Crippen LogP contribution in [0.4, 0.5) is 0 Å². The summed E-state index contributed by atoms with van der Waals surface area (Å²) in [6, 6.07) is 4.06. The van der Waals surface area contributed by atoms with Gasteiger partial charge in [-0.1, -0.05) is 0 Å². The van der Waals surface area contributed by atoms with Crippen molar-refractivity contribution in [1.82, 2.24) is 0 Å². The molecule has 0 radical (unpaired) electrons. The maximum atomic E-state index is 5.46. The highest BCUT2D eigenvalue weighted by Crippen LogP contribution is 2.41. The number of benzene rings is 1. The Balaban J connectivity index is 2.50. The zero-order valence-electron chi connectivity index (χ0n) is 10.4. The van der Waals surface area contributed by atoms with Crippen molar-refractivity contribution >= 4 is 12.6 Å². The highest BCUT2D eigenvalue weighted by molar-refractivity contribution is 7.80. The van der Waals surface area contributed by atoms with Crippen LogP contribution in [0, 0.1) is 6.92 Å². The van der Waals surface area contributed by atoms with Crippen LogP contribution >= 0.6 is 12.6 Å². The van der Waals surface area contributed by atoms with Crippen molar-refractivity contribution in [3.8, 4) is 11.5 Å². The summed E-state index contributed by atoms with van der Waals surface area (Å²) in [6.45, 7) is 3.40. The van der Waals surface area contributed by atoms with Crippen LogP contribution in [-0.4, -0.2) is 33.2 Å². The van der Waals surface area contributed by atoms with E-state index in [0.717, 1.165) is 28.4 Å². The Morgan fingerprint density at radius 3 is 2.29 bits per heavy atom. The molecule has 1 fully saturated rings. The summed E-state index contributed by atoms with van der Waals surface area (Å²) in [6.07, 6.45) is 0. The van der Waals surface area contributed by atoms with Gasteiger partial charge in [0.25, 0.3) is 0 Å². The van der Waals surface area contributed by atoms with E-state index in [1.807, 2.05) is 19.1 Å². The lowest BCUT2D eigenvalue weighted by atomic mass is 9.79. The first-order valence-electron chi connectivity index (χ1n) is 5.58. The van der Waals surface area contributed by atoms with Crippen LogP contribution in [0.3, 0.4) is 0 Å². The molecular weight excluding hydrogens is 236 g/mol. The number of thiol groups is 1. The third kappa shape index (κ3) is 2.00. The van der Waals surface area contributed by atoms with Gasteiger partial charge in [0.05, 0.1) is 32.8 Å². The number of aryl methyl sites for hydroxylation is 1. The van der Waals surface area contributed by atoms with Crippen molar-refractivity contribution in [2.45, 2.75) is 12.3 Å². The van der Waals surface area contributed by atoms with Gasteiger partial charge in [0.1, 0.15) is 11.5 Å². The van der Waals surface area contributed by atoms with Crippen molar-refractivity contribution in [2.75, 3.05) is 33.2 Å². The van der Waals surface area contributed by atoms with Gasteiger partial charge in [-0.3, -0.25) is 0 Å². The Morgan fingerprint density at radius 2 is 1.88 bits per heavy atom. The molecule has 0 aromatic heterocycles. The van der Waals surface area contributed by atoms with Gasteiger partial charge < -0.3 is 14.2 Å². The van der Waals surface area contributed by atoms with E-state index in [1.54, 1.807) is 14.2 Å². The van der Waals surface area contributed by atoms with E-state index >= 15 is 0 Å². The van der Waals surface area contributed by atoms with Gasteiger partial charge in [-0.05, 0) is 24.6 Å². The second kappa shape index (κ2) is 4.78. The van der Waals surface area contributed by atoms with E-state index in [4.69, 9.17) is 14.2 Å². The second-order valence-corrected chi connectivity index (χ2v) is 4.77. The monoisotopic (exact) mass is 254 g/mol. The van der Waals surface area contributed by atoms with Crippen LogP contribution in [0.5, 0.6) is 11.5 Å². The lowest BCUT2D eigenvalue weighted by molar-refractivity contribution is -0.0480. The summed E-state index contributed by atoms with van der Waals surface area (Å²) in [7, 11) is 3.37. The van der Waals surface area contributed by atoms with E-state index in [9.17, 15) is 0 Å². The predicted octanol–water partition coefficient (Wildman–Crippen LogP) is 2.21. The summed E-state index contributed by atoms with van der Waals surface area (Å²) in [5.41, 5.74) is 2.17. The molecule has 17 heavy (non-hydrogen) atoms. The minimum atomic E-state index is -0.0323. The lowest BCUT2D eigenvalue weighted by Crippen LogP contribution is -2.48. The molecule has 1 aromatic carbocycles. The molecular formula is C13H18O3S. The van der Waals surface area contributed by atoms with Gasteiger partial charge in [-0.2, -0.15) is 12.6 Å². The van der Waals surface area contributed by atoms with Crippen molar-refractivity contribution in [3.05, 3.63) is 23.3 Å². The van der Waals surface area contributed by atoms with Crippen molar-refractivity contribution in [3.63, 3.8) is 0 Å². The summed E-state index contributed by atoms with van der Waals surface area (Å²) in [5, 5.41) is 0. The van der Waals surface area contributed by atoms with Crippen molar-refractivity contribution in [2.24, 2.45) is 0 Å². The Kier molecular flexibility index (Phi) is 3.54. The average Bonchev–Trinajstić information content (AvgIpc) is 2.29. The molecule has 1 aliphatic heterocycles. The number of rotatable bonds is 4. The summed E-state index contributed by atoms with van der Waals surface area (Å²) >= 11 is 4.44. The van der Waals surface area contributed by atoms with Gasteiger partial charge >= 0.3 is 0 Å². The van der Waals surface area contributed by atoms with Gasteiger partial charge in [-0.25, -0.2) is 0 Å². The van der Waals surface area contributed by atoms with E-state index in [1.165, 1.54) is 0 Å². The standard InChI is InChI=1S/C13H18O3S/c1-9-4-12(15-3)10(5-11(9)14-2)13(8-17)6-16-7-13/h4-5,17H,6-8H2,1-3H3. The molecule has 0 unspecified atom stereocenters. The van der Waals surface area contributed by atoms with Gasteiger partial charge in [0, 0.05) is 11.3 Å². The van der Waals surface area contributed by atoms with Crippen LogP contribution in [0.2, 0.25) is 0 Å². The Labute approximate surface area is 107 Å². The molecule has 0 aliphatic carbocycles. The van der Waals surface area contributed by atoms with Crippen LogP contribution < -0.4 is 9.47 Å². The fourth-order valence-electron chi connectivity index (χ4n) is 2.15. The molecule has 0 amide bonds. The van der Waals surface area contributed by atoms with E-state index < -0.39 is 0 Å². The first-order chi connectivity index (χ1) is 8.16. The van der Waals surface area contributed by atoms with E-state index in [0.29, 0.717) is 13.2 Å². The number of methoxy groups -OCH3 is 2. The molecule has 2 rings (SSSR count). The first-order valence-corrected chi connectivity index (χ1v) is 6.22. The zero-order chi connectivity index (χ0) is 12.5. The minimum Gasteiger partial charge on any atom is -0.496 e. The number of ether oxygens (including phenoxy) is 3. The van der Waals surface area contributed by atoms with Crippen LogP contribution in [0.1, 0.15) is 11.1 Å². The quantitative estimate of drug-likeness (QED) is 0.835. The average molecular weight is 254 g/mol. The fourth-order valence-corrected chi connectivity index (χ4v) is 2.50. The molecule has 0 atom stereocenters. The number of hydrogen-bond acceptors (Lipinski definition) is 4. The van der Waals surface area contributed by atoms with Gasteiger partial charge in [0.15, 0.2) is 0 Å². The zero-order valence-corrected chi connectivity index (χ0v) is 11.3. The van der Waals surface area contributed by atoms with Crippen molar-refractivity contribution in [1.29, 1.82) is 0 Å². The minimum absolute atomic E-state index is 0.0323. The molecule has 4 heteroatoms. The van der Waals surface area contributed by atoms with Crippen LogP contribution in [0.25, 0.3) is 0 Å². The normalized spacial score (nSPS) is 17.4. The highest BCUT2D eigenvalue weighted by Gasteiger charge is 2.41. The third-order valence-corrected chi connectivity index (χ3v) is 3.95. The van der Waals surface area contributed by atoms with Crippen LogP contribution in [-0.2, 0) is 10.2 Å². The molecule has 1 aliphatic rings. The molecule has 3 nitrogen and oxygen atoms in total. The fraction of sp³-hybridized carbons (Fsp3) is 0.538. The molecule has 1 saturated heterocycles. The highest BCUT2D eigenvalue weighted by atomic mass is 32.1. The molecule has 94 valence electrons. The second-order valence-electron chi connectivity index (χ2n) is 4.45. The maximum absolute atomic E-state index is 5.46. The van der Waals surface area contributed by atoms with Gasteiger partial charge in [0.2, 0.25) is 0 Å². The molecule has 0 bridgehead atoms. The van der Waals surface area contributed by atoms with Gasteiger partial charge in [-0.15, -0.1) is 0 Å². The molecule has 0 spiro atoms. The molecule has 0 N–H and O–H groups in total. The summed E-state index contributed by atoms with van der Waals surface area (Å²) in [5.74, 6) is 2.52. The summed E-state index contributed by atoms with van der Waals surface area (Å²) < 4.78 is 16.2. The third-order valence-electron chi connectivity index (χ3n) is 3.35. The predicted molar refractivity (Wildman–Crippen MR) is 70.6 cm³/mol. The smallest absolute Gasteiger partial charge is 0.123 e. The summed E-state index contributed by atoms with van der Waals surface area (Å²) in [4.78, 5) is 0. The topological polar surface area (TPSA) is 27.7 Å². The van der Waals surface area contributed by atoms with E-state index in [2.05, 4.69) is 12.6 Å². The number of hydrogen-bond donors (Lipinski definition) is 1. The molecule has 1 aromatic rings. The molecule has 0 saturated carbocycles. The molecule has 1 heterocycles. The SMILES string of the molecule is COc1cc(C2(CS)COC2)c(OC)cc1C. The Hall–Kier alpha value is -0.870. The maximum Gasteiger partial charge on any atom is 0.123 e. The Morgan fingerprint density at radius 1 is 1.24 bits per heavy atom. The largest absolute Gasteiger partial charge is 0.496 e.